The first kappa shape index (κ1) is 20.7. The maximum Gasteiger partial charge on any atom is 0.223 e. The highest BCUT2D eigenvalue weighted by Gasteiger charge is 2.25. The highest BCUT2D eigenvalue weighted by atomic mass is 16.5. The lowest BCUT2D eigenvalue weighted by molar-refractivity contribution is -0.134. The van der Waals surface area contributed by atoms with Crippen molar-refractivity contribution in [3.8, 4) is 11.5 Å². The second-order valence-electron chi connectivity index (χ2n) is 7.26. The van der Waals surface area contributed by atoms with Crippen LogP contribution in [0, 0.1) is 5.92 Å². The number of methoxy groups -OCH3 is 1. The van der Waals surface area contributed by atoms with Gasteiger partial charge in [-0.2, -0.15) is 0 Å². The first-order valence-electron chi connectivity index (χ1n) is 9.93. The zero-order valence-corrected chi connectivity index (χ0v) is 17.0. The van der Waals surface area contributed by atoms with Gasteiger partial charge in [-0.25, -0.2) is 0 Å². The fraction of sp³-hybridized carbons (Fsp3) is 0.391. The van der Waals surface area contributed by atoms with E-state index in [0.717, 1.165) is 11.1 Å². The minimum Gasteiger partial charge on any atom is -0.493 e. The van der Waals surface area contributed by atoms with Gasteiger partial charge >= 0.3 is 0 Å². The van der Waals surface area contributed by atoms with Crippen molar-refractivity contribution in [3.05, 3.63) is 59.7 Å². The summed E-state index contributed by atoms with van der Waals surface area (Å²) in [5, 5.41) is 3.00. The third-order valence-electron chi connectivity index (χ3n) is 5.24. The van der Waals surface area contributed by atoms with Crippen molar-refractivity contribution in [3.63, 3.8) is 0 Å². The molecule has 1 fully saturated rings. The Labute approximate surface area is 171 Å². The fourth-order valence-electron chi connectivity index (χ4n) is 3.47. The van der Waals surface area contributed by atoms with Crippen molar-refractivity contribution in [1.29, 1.82) is 0 Å². The zero-order valence-electron chi connectivity index (χ0n) is 17.0. The number of nitrogens with zero attached hydrogens (tertiary/aromatic N) is 1. The molecule has 1 aliphatic rings. The second kappa shape index (κ2) is 9.96. The Balaban J connectivity index is 1.52. The van der Waals surface area contributed by atoms with E-state index in [9.17, 15) is 9.59 Å². The van der Waals surface area contributed by atoms with Gasteiger partial charge in [-0.05, 0) is 36.1 Å². The Kier molecular flexibility index (Phi) is 7.11. The van der Waals surface area contributed by atoms with Crippen molar-refractivity contribution in [1.82, 2.24) is 10.2 Å². The molecule has 1 N–H and O–H groups in total. The lowest BCUT2D eigenvalue weighted by Gasteiger charge is -2.30. The number of benzene rings is 2. The van der Waals surface area contributed by atoms with Crippen molar-refractivity contribution in [2.45, 2.75) is 32.9 Å². The number of hydrogen-bond donors (Lipinski definition) is 1. The Bertz CT molecular complexity index is 830. The Morgan fingerprint density at radius 1 is 1.03 bits per heavy atom. The Morgan fingerprint density at radius 2 is 1.76 bits per heavy atom. The summed E-state index contributed by atoms with van der Waals surface area (Å²) in [6.07, 6.45) is 1.42. The minimum absolute atomic E-state index is 0.0385. The average Bonchev–Trinajstić information content (AvgIpc) is 2.77. The molecule has 1 heterocycles. The molecule has 0 aliphatic carbocycles. The first-order valence-corrected chi connectivity index (χ1v) is 9.93. The van der Waals surface area contributed by atoms with E-state index in [0.29, 0.717) is 50.6 Å². The van der Waals surface area contributed by atoms with Crippen LogP contribution in [0.5, 0.6) is 11.5 Å². The molecule has 1 saturated heterocycles. The molecular weight excluding hydrogens is 368 g/mol. The molecule has 0 bridgehead atoms. The predicted molar refractivity (Wildman–Crippen MR) is 111 cm³/mol. The van der Waals surface area contributed by atoms with E-state index in [4.69, 9.17) is 9.47 Å². The smallest absolute Gasteiger partial charge is 0.223 e. The van der Waals surface area contributed by atoms with E-state index >= 15 is 0 Å². The summed E-state index contributed by atoms with van der Waals surface area (Å²) in [5.41, 5.74) is 2.03. The maximum absolute atomic E-state index is 12.5. The molecule has 6 nitrogen and oxygen atoms in total. The van der Waals surface area contributed by atoms with Crippen LogP contribution in [0.2, 0.25) is 0 Å². The van der Waals surface area contributed by atoms with Crippen molar-refractivity contribution in [2.75, 3.05) is 20.2 Å². The summed E-state index contributed by atoms with van der Waals surface area (Å²) in [7, 11) is 1.61. The van der Waals surface area contributed by atoms with Gasteiger partial charge in [-0.3, -0.25) is 9.59 Å². The fourth-order valence-corrected chi connectivity index (χ4v) is 3.47. The van der Waals surface area contributed by atoms with Crippen molar-refractivity contribution < 1.29 is 19.1 Å². The first-order chi connectivity index (χ1) is 14.1. The number of piperidine rings is 1. The molecule has 2 aromatic rings. The molecule has 2 amide bonds. The van der Waals surface area contributed by atoms with Gasteiger partial charge in [0.1, 0.15) is 6.61 Å². The van der Waals surface area contributed by atoms with Crippen molar-refractivity contribution in [2.24, 2.45) is 5.92 Å². The summed E-state index contributed by atoms with van der Waals surface area (Å²) in [4.78, 5) is 25.7. The standard InChI is InChI=1S/C23H28N2O4/c1-17(26)25-12-10-20(11-13-25)23(27)24-15-19-8-9-21(22(14-19)28-2)29-16-18-6-4-3-5-7-18/h3-9,14,20H,10-13,15-16H2,1-2H3,(H,24,27). The molecule has 0 atom stereocenters. The van der Waals surface area contributed by atoms with Gasteiger partial charge in [0, 0.05) is 32.5 Å². The second-order valence-corrected chi connectivity index (χ2v) is 7.26. The number of nitrogens with one attached hydrogen (secondary N) is 1. The monoisotopic (exact) mass is 396 g/mol. The molecule has 0 spiro atoms. The predicted octanol–water partition coefficient (Wildman–Crippen LogP) is 3.15. The number of rotatable bonds is 7. The summed E-state index contributed by atoms with van der Waals surface area (Å²) in [6, 6.07) is 15.6. The van der Waals surface area contributed by atoms with Gasteiger partial charge < -0.3 is 19.7 Å². The van der Waals surface area contributed by atoms with Crippen LogP contribution < -0.4 is 14.8 Å². The molecule has 6 heteroatoms. The molecule has 154 valence electrons. The molecule has 1 aliphatic heterocycles. The number of amides is 2. The van der Waals surface area contributed by atoms with Gasteiger partial charge in [0.25, 0.3) is 0 Å². The molecule has 0 aromatic heterocycles. The zero-order chi connectivity index (χ0) is 20.6. The highest BCUT2D eigenvalue weighted by molar-refractivity contribution is 5.79. The Morgan fingerprint density at radius 3 is 2.41 bits per heavy atom. The van der Waals surface area contributed by atoms with Crippen LogP contribution >= 0.6 is 0 Å². The normalized spacial score (nSPS) is 14.3. The lowest BCUT2D eigenvalue weighted by atomic mass is 9.96. The van der Waals surface area contributed by atoms with Gasteiger partial charge in [0.2, 0.25) is 11.8 Å². The van der Waals surface area contributed by atoms with Crippen LogP contribution in [-0.2, 0) is 22.7 Å². The van der Waals surface area contributed by atoms with Crippen LogP contribution in [0.1, 0.15) is 30.9 Å². The van der Waals surface area contributed by atoms with Crippen LogP contribution in [-0.4, -0.2) is 36.9 Å². The Hall–Kier alpha value is -3.02. The third kappa shape index (κ3) is 5.73. The SMILES string of the molecule is COc1cc(CNC(=O)C2CCN(C(C)=O)CC2)ccc1OCc1ccccc1. The van der Waals surface area contributed by atoms with E-state index < -0.39 is 0 Å². The van der Waals surface area contributed by atoms with Gasteiger partial charge in [-0.15, -0.1) is 0 Å². The number of likely N-dealkylation sites (tertiary alicyclic amines) is 1. The van der Waals surface area contributed by atoms with Gasteiger partial charge in [0.05, 0.1) is 7.11 Å². The molecule has 0 radical (unpaired) electrons. The number of ether oxygens (including phenoxy) is 2. The van der Waals surface area contributed by atoms with Crippen molar-refractivity contribution >= 4 is 11.8 Å². The van der Waals surface area contributed by atoms with Crippen LogP contribution in [0.15, 0.2) is 48.5 Å². The quantitative estimate of drug-likeness (QED) is 0.781. The molecule has 2 aromatic carbocycles. The molecule has 29 heavy (non-hydrogen) atoms. The average molecular weight is 396 g/mol. The van der Waals surface area contributed by atoms with E-state index in [2.05, 4.69) is 5.32 Å². The summed E-state index contributed by atoms with van der Waals surface area (Å²) < 4.78 is 11.3. The van der Waals surface area contributed by atoms with E-state index in [1.807, 2.05) is 48.5 Å². The van der Waals surface area contributed by atoms with Gasteiger partial charge in [0.15, 0.2) is 11.5 Å². The summed E-state index contributed by atoms with van der Waals surface area (Å²) >= 11 is 0. The van der Waals surface area contributed by atoms with Gasteiger partial charge in [-0.1, -0.05) is 36.4 Å². The number of hydrogen-bond acceptors (Lipinski definition) is 4. The van der Waals surface area contributed by atoms with E-state index in [-0.39, 0.29) is 17.7 Å². The topological polar surface area (TPSA) is 67.9 Å². The summed E-state index contributed by atoms with van der Waals surface area (Å²) in [5.74, 6) is 1.38. The lowest BCUT2D eigenvalue weighted by Crippen LogP contribution is -2.42. The van der Waals surface area contributed by atoms with E-state index in [1.54, 1.807) is 18.9 Å². The molecular formula is C23H28N2O4. The highest BCUT2D eigenvalue weighted by Crippen LogP contribution is 2.29. The molecule has 3 rings (SSSR count). The summed E-state index contributed by atoms with van der Waals surface area (Å²) in [6.45, 7) is 3.76. The number of carbonyl (C=O) groups excluding carboxylic acids is 2. The van der Waals surface area contributed by atoms with Crippen LogP contribution in [0.25, 0.3) is 0 Å². The van der Waals surface area contributed by atoms with Crippen LogP contribution in [0.3, 0.4) is 0 Å². The third-order valence-corrected chi connectivity index (χ3v) is 5.24. The van der Waals surface area contributed by atoms with E-state index in [1.165, 1.54) is 0 Å². The van der Waals surface area contributed by atoms with Crippen LogP contribution in [0.4, 0.5) is 0 Å². The maximum atomic E-state index is 12.5. The molecule has 0 saturated carbocycles. The molecule has 0 unspecified atom stereocenters. The number of carbonyl (C=O) groups is 2. The minimum atomic E-state index is -0.0408. The largest absolute Gasteiger partial charge is 0.493 e.